The number of carbonyl (C=O) groups excluding carboxylic acids is 1. The van der Waals surface area contributed by atoms with Gasteiger partial charge in [-0.3, -0.25) is 4.79 Å². The van der Waals surface area contributed by atoms with Crippen LogP contribution in [-0.4, -0.2) is 22.0 Å². The van der Waals surface area contributed by atoms with E-state index < -0.39 is 23.2 Å². The Kier molecular flexibility index (Phi) is 5.33. The molecule has 1 heterocycles. The van der Waals surface area contributed by atoms with E-state index in [1.54, 1.807) is 6.92 Å². The SMILES string of the molecule is CCCc1nc(C)c(C(=O)NC(C)(C(=O)O)c2ccc(F)cc2)s1. The second-order valence-electron chi connectivity index (χ2n) is 5.66. The van der Waals surface area contributed by atoms with Crippen molar-refractivity contribution in [3.05, 3.63) is 51.2 Å². The minimum Gasteiger partial charge on any atom is -0.479 e. The van der Waals surface area contributed by atoms with Gasteiger partial charge in [-0.2, -0.15) is 0 Å². The summed E-state index contributed by atoms with van der Waals surface area (Å²) in [6.07, 6.45) is 1.68. The zero-order chi connectivity index (χ0) is 17.9. The van der Waals surface area contributed by atoms with Crippen LogP contribution in [0.1, 0.15) is 46.2 Å². The zero-order valence-corrected chi connectivity index (χ0v) is 14.5. The molecule has 1 aromatic heterocycles. The third-order valence-electron chi connectivity index (χ3n) is 3.72. The van der Waals surface area contributed by atoms with Gasteiger partial charge in [-0.15, -0.1) is 11.3 Å². The maximum atomic E-state index is 13.1. The van der Waals surface area contributed by atoms with Crippen LogP contribution < -0.4 is 5.32 Å². The number of hydrogen-bond acceptors (Lipinski definition) is 4. The predicted molar refractivity (Wildman–Crippen MR) is 89.7 cm³/mol. The third-order valence-corrected chi connectivity index (χ3v) is 4.94. The summed E-state index contributed by atoms with van der Waals surface area (Å²) in [6.45, 7) is 5.12. The predicted octanol–water partition coefficient (Wildman–Crippen LogP) is 3.27. The van der Waals surface area contributed by atoms with Crippen LogP contribution in [0.5, 0.6) is 0 Å². The fourth-order valence-electron chi connectivity index (χ4n) is 2.30. The van der Waals surface area contributed by atoms with Gasteiger partial charge in [0, 0.05) is 0 Å². The zero-order valence-electron chi connectivity index (χ0n) is 13.7. The van der Waals surface area contributed by atoms with E-state index in [0.29, 0.717) is 16.1 Å². The van der Waals surface area contributed by atoms with Crippen LogP contribution in [0.2, 0.25) is 0 Å². The number of aromatic nitrogens is 1. The molecule has 7 heteroatoms. The molecule has 24 heavy (non-hydrogen) atoms. The first kappa shape index (κ1) is 18.1. The van der Waals surface area contributed by atoms with Crippen molar-refractivity contribution in [2.45, 2.75) is 39.2 Å². The molecule has 2 rings (SSSR count). The molecule has 0 aliphatic carbocycles. The Hall–Kier alpha value is -2.28. The fourth-order valence-corrected chi connectivity index (χ4v) is 3.36. The molecule has 1 atom stereocenters. The molecule has 0 bridgehead atoms. The van der Waals surface area contributed by atoms with E-state index in [1.807, 2.05) is 6.92 Å². The lowest BCUT2D eigenvalue weighted by Crippen LogP contribution is -2.49. The number of aliphatic carboxylic acids is 1. The summed E-state index contributed by atoms with van der Waals surface area (Å²) in [5.41, 5.74) is -0.792. The van der Waals surface area contributed by atoms with Gasteiger partial charge in [0.2, 0.25) is 0 Å². The summed E-state index contributed by atoms with van der Waals surface area (Å²) in [7, 11) is 0. The lowest BCUT2D eigenvalue weighted by atomic mass is 9.92. The van der Waals surface area contributed by atoms with Crippen LogP contribution in [-0.2, 0) is 16.8 Å². The van der Waals surface area contributed by atoms with Crippen LogP contribution >= 0.6 is 11.3 Å². The number of carboxylic acid groups (broad SMARTS) is 1. The van der Waals surface area contributed by atoms with Crippen molar-refractivity contribution in [3.8, 4) is 0 Å². The van der Waals surface area contributed by atoms with Gasteiger partial charge in [0.05, 0.1) is 10.7 Å². The van der Waals surface area contributed by atoms with Crippen molar-refractivity contribution in [2.75, 3.05) is 0 Å². The van der Waals surface area contributed by atoms with E-state index >= 15 is 0 Å². The highest BCUT2D eigenvalue weighted by molar-refractivity contribution is 7.13. The highest BCUT2D eigenvalue weighted by atomic mass is 32.1. The smallest absolute Gasteiger partial charge is 0.333 e. The first-order valence-electron chi connectivity index (χ1n) is 7.56. The number of nitrogens with zero attached hydrogens (tertiary/aromatic N) is 1. The fraction of sp³-hybridized carbons (Fsp3) is 0.353. The first-order valence-corrected chi connectivity index (χ1v) is 8.37. The maximum absolute atomic E-state index is 13.1. The van der Waals surface area contributed by atoms with Gasteiger partial charge in [-0.05, 0) is 44.4 Å². The molecule has 0 spiro atoms. The molecule has 5 nitrogen and oxygen atoms in total. The molecule has 1 aromatic carbocycles. The van der Waals surface area contributed by atoms with E-state index in [0.717, 1.165) is 17.8 Å². The summed E-state index contributed by atoms with van der Waals surface area (Å²) >= 11 is 1.27. The normalized spacial score (nSPS) is 13.3. The van der Waals surface area contributed by atoms with Gasteiger partial charge < -0.3 is 10.4 Å². The van der Waals surface area contributed by atoms with E-state index in [2.05, 4.69) is 10.3 Å². The van der Waals surface area contributed by atoms with Gasteiger partial charge in [0.25, 0.3) is 5.91 Å². The van der Waals surface area contributed by atoms with Crippen LogP contribution in [0.4, 0.5) is 4.39 Å². The summed E-state index contributed by atoms with van der Waals surface area (Å²) in [5, 5.41) is 13.0. The molecule has 0 radical (unpaired) electrons. The summed E-state index contributed by atoms with van der Waals surface area (Å²) in [4.78, 5) is 29.0. The van der Waals surface area contributed by atoms with Gasteiger partial charge in [-0.25, -0.2) is 14.2 Å². The van der Waals surface area contributed by atoms with Crippen LogP contribution in [0.15, 0.2) is 24.3 Å². The second kappa shape index (κ2) is 7.09. The Bertz CT molecular complexity index is 758. The highest BCUT2D eigenvalue weighted by Gasteiger charge is 2.37. The van der Waals surface area contributed by atoms with Crippen molar-refractivity contribution in [2.24, 2.45) is 0 Å². The number of benzene rings is 1. The van der Waals surface area contributed by atoms with Gasteiger partial charge in [0.15, 0.2) is 5.54 Å². The second-order valence-corrected chi connectivity index (χ2v) is 6.75. The summed E-state index contributed by atoms with van der Waals surface area (Å²) in [6, 6.07) is 5.04. The quantitative estimate of drug-likeness (QED) is 0.838. The number of carboxylic acids is 1. The lowest BCUT2D eigenvalue weighted by molar-refractivity contribution is -0.144. The van der Waals surface area contributed by atoms with E-state index in [9.17, 15) is 19.1 Å². The van der Waals surface area contributed by atoms with Crippen molar-refractivity contribution < 1.29 is 19.1 Å². The van der Waals surface area contributed by atoms with Crippen LogP contribution in [0, 0.1) is 12.7 Å². The number of carbonyl (C=O) groups is 2. The average Bonchev–Trinajstić information content (AvgIpc) is 2.88. The van der Waals surface area contributed by atoms with Crippen molar-refractivity contribution in [1.29, 1.82) is 0 Å². The molecule has 1 amide bonds. The van der Waals surface area contributed by atoms with Gasteiger partial charge in [0.1, 0.15) is 10.7 Å². The molecule has 0 fully saturated rings. The molecular formula is C17H19FN2O3S. The third kappa shape index (κ3) is 3.62. The van der Waals surface area contributed by atoms with Crippen molar-refractivity contribution in [3.63, 3.8) is 0 Å². The molecule has 2 N–H and O–H groups in total. The number of hydrogen-bond donors (Lipinski definition) is 2. The number of aryl methyl sites for hydroxylation is 2. The molecule has 128 valence electrons. The Balaban J connectivity index is 2.32. The minimum atomic E-state index is -1.66. The minimum absolute atomic E-state index is 0.292. The molecule has 1 unspecified atom stereocenters. The monoisotopic (exact) mass is 350 g/mol. The largest absolute Gasteiger partial charge is 0.479 e. The van der Waals surface area contributed by atoms with E-state index in [4.69, 9.17) is 0 Å². The topological polar surface area (TPSA) is 79.3 Å². The Morgan fingerprint density at radius 3 is 2.50 bits per heavy atom. The van der Waals surface area contributed by atoms with Crippen LogP contribution in [0.25, 0.3) is 0 Å². The Labute approximate surface area is 143 Å². The number of amides is 1. The molecule has 0 aliphatic heterocycles. The maximum Gasteiger partial charge on any atom is 0.333 e. The van der Waals surface area contributed by atoms with E-state index in [1.165, 1.54) is 42.5 Å². The number of nitrogens with one attached hydrogen (secondary N) is 1. The molecule has 0 aliphatic rings. The van der Waals surface area contributed by atoms with Gasteiger partial charge >= 0.3 is 5.97 Å². The average molecular weight is 350 g/mol. The van der Waals surface area contributed by atoms with Crippen molar-refractivity contribution >= 4 is 23.2 Å². The summed E-state index contributed by atoms with van der Waals surface area (Å²) < 4.78 is 13.1. The van der Waals surface area contributed by atoms with Crippen molar-refractivity contribution in [1.82, 2.24) is 10.3 Å². The standard InChI is InChI=1S/C17H19FN2O3S/c1-4-5-13-19-10(2)14(24-13)15(21)20-17(3,16(22)23)11-6-8-12(18)9-7-11/h6-9H,4-5H2,1-3H3,(H,20,21)(H,22,23). The van der Waals surface area contributed by atoms with Crippen LogP contribution in [0.3, 0.4) is 0 Å². The molecular weight excluding hydrogens is 331 g/mol. The first-order chi connectivity index (χ1) is 11.3. The highest BCUT2D eigenvalue weighted by Crippen LogP contribution is 2.25. The summed E-state index contributed by atoms with van der Waals surface area (Å²) in [5.74, 6) is -2.19. The van der Waals surface area contributed by atoms with E-state index in [-0.39, 0.29) is 0 Å². The lowest BCUT2D eigenvalue weighted by Gasteiger charge is -2.26. The van der Waals surface area contributed by atoms with Gasteiger partial charge in [-0.1, -0.05) is 19.1 Å². The number of halogens is 1. The molecule has 0 saturated heterocycles. The number of thiazole rings is 1. The Morgan fingerprint density at radius 1 is 1.33 bits per heavy atom. The molecule has 2 aromatic rings. The Morgan fingerprint density at radius 2 is 1.96 bits per heavy atom. The number of rotatable bonds is 6. The molecule has 0 saturated carbocycles.